The number of benzene rings is 2. The quantitative estimate of drug-likeness (QED) is 0.466. The van der Waals surface area contributed by atoms with Crippen LogP contribution in [0.15, 0.2) is 35.9 Å². The summed E-state index contributed by atoms with van der Waals surface area (Å²) < 4.78 is 38.8. The van der Waals surface area contributed by atoms with Crippen molar-refractivity contribution in [1.82, 2.24) is 0 Å². The Morgan fingerprint density at radius 1 is 1.00 bits per heavy atom. The predicted octanol–water partition coefficient (Wildman–Crippen LogP) is 5.85. The lowest BCUT2D eigenvalue weighted by Crippen LogP contribution is -2.06. The van der Waals surface area contributed by atoms with Crippen molar-refractivity contribution in [2.75, 3.05) is 5.73 Å². The fourth-order valence-electron chi connectivity index (χ4n) is 3.40. The van der Waals surface area contributed by atoms with Crippen molar-refractivity contribution in [3.05, 3.63) is 69.3 Å². The van der Waals surface area contributed by atoms with Crippen molar-refractivity contribution in [2.24, 2.45) is 0 Å². The number of alkyl halides is 3. The Balaban J connectivity index is 2.07. The van der Waals surface area contributed by atoms with Gasteiger partial charge in [-0.3, -0.25) is 0 Å². The maximum atomic E-state index is 12.9. The summed E-state index contributed by atoms with van der Waals surface area (Å²) in [6.07, 6.45) is -4.41. The molecular weight excluding hydrogens is 335 g/mol. The lowest BCUT2D eigenvalue weighted by molar-refractivity contribution is -0.137. The minimum absolute atomic E-state index is 0.127. The molecule has 2 N–H and O–H groups in total. The maximum Gasteiger partial charge on any atom is 0.416 e. The summed E-state index contributed by atoms with van der Waals surface area (Å²) in [7, 11) is 0. The molecule has 0 fully saturated rings. The van der Waals surface area contributed by atoms with Crippen LogP contribution >= 0.6 is 0 Å². The molecule has 134 valence electrons. The average molecular weight is 355 g/mol. The van der Waals surface area contributed by atoms with Crippen LogP contribution in [-0.2, 0) is 6.18 Å². The first-order chi connectivity index (χ1) is 12.1. The molecule has 1 atom stereocenters. The highest BCUT2D eigenvalue weighted by atomic mass is 19.4. The molecule has 26 heavy (non-hydrogen) atoms. The van der Waals surface area contributed by atoms with Crippen LogP contribution in [0.4, 0.5) is 18.9 Å². The zero-order chi connectivity index (χ0) is 19.2. The van der Waals surface area contributed by atoms with E-state index in [0.717, 1.165) is 23.3 Å². The van der Waals surface area contributed by atoms with E-state index in [1.54, 1.807) is 0 Å². The SMILES string of the molecule is CC1=C(C)C(C#Cc2cc(C(F)(F)F)ccc2N)c2ccc(C)c(C)c21. The molecule has 1 aliphatic carbocycles. The summed E-state index contributed by atoms with van der Waals surface area (Å²) in [6.45, 7) is 8.26. The molecule has 1 aliphatic rings. The number of nitrogens with two attached hydrogens (primary N) is 1. The predicted molar refractivity (Wildman–Crippen MR) is 99.7 cm³/mol. The molecule has 0 radical (unpaired) electrons. The zero-order valence-corrected chi connectivity index (χ0v) is 15.2. The third-order valence-electron chi connectivity index (χ3n) is 5.21. The van der Waals surface area contributed by atoms with Crippen molar-refractivity contribution >= 4 is 11.3 Å². The minimum Gasteiger partial charge on any atom is -0.398 e. The van der Waals surface area contributed by atoms with Gasteiger partial charge in [-0.15, -0.1) is 0 Å². The molecule has 0 bridgehead atoms. The zero-order valence-electron chi connectivity index (χ0n) is 15.2. The monoisotopic (exact) mass is 355 g/mol. The van der Waals surface area contributed by atoms with E-state index in [1.165, 1.54) is 28.3 Å². The van der Waals surface area contributed by atoms with Crippen LogP contribution in [0.25, 0.3) is 5.57 Å². The van der Waals surface area contributed by atoms with E-state index in [-0.39, 0.29) is 17.2 Å². The molecule has 0 aliphatic heterocycles. The molecule has 1 unspecified atom stereocenters. The van der Waals surface area contributed by atoms with Gasteiger partial charge in [0.15, 0.2) is 0 Å². The van der Waals surface area contributed by atoms with Gasteiger partial charge in [0.25, 0.3) is 0 Å². The van der Waals surface area contributed by atoms with Gasteiger partial charge in [-0.1, -0.05) is 29.5 Å². The van der Waals surface area contributed by atoms with Crippen LogP contribution in [0.3, 0.4) is 0 Å². The first kappa shape index (κ1) is 18.1. The van der Waals surface area contributed by atoms with Gasteiger partial charge in [0.1, 0.15) is 0 Å². The normalized spacial score (nSPS) is 16.3. The number of anilines is 1. The van der Waals surface area contributed by atoms with Crippen molar-refractivity contribution < 1.29 is 13.2 Å². The van der Waals surface area contributed by atoms with Gasteiger partial charge in [0.05, 0.1) is 11.5 Å². The van der Waals surface area contributed by atoms with Crippen molar-refractivity contribution in [3.63, 3.8) is 0 Å². The standard InChI is InChI=1S/C22H20F3N/c1-12-5-8-19-18(14(3)15(4)21(19)13(12)2)9-6-16-11-17(22(23,24)25)7-10-20(16)26/h5,7-8,10-11,18H,26H2,1-4H3. The smallest absolute Gasteiger partial charge is 0.398 e. The molecule has 0 spiro atoms. The van der Waals surface area contributed by atoms with Gasteiger partial charge in [0, 0.05) is 11.3 Å². The van der Waals surface area contributed by atoms with Gasteiger partial charge >= 0.3 is 6.18 Å². The van der Waals surface area contributed by atoms with E-state index >= 15 is 0 Å². The van der Waals surface area contributed by atoms with Crippen LogP contribution in [0.2, 0.25) is 0 Å². The average Bonchev–Trinajstić information content (AvgIpc) is 2.81. The summed E-state index contributed by atoms with van der Waals surface area (Å²) in [5.74, 6) is 5.90. The van der Waals surface area contributed by atoms with Crippen LogP contribution in [-0.4, -0.2) is 0 Å². The molecule has 0 saturated carbocycles. The number of fused-ring (bicyclic) bond motifs is 1. The first-order valence-electron chi connectivity index (χ1n) is 8.37. The number of rotatable bonds is 0. The van der Waals surface area contributed by atoms with Gasteiger partial charge < -0.3 is 5.73 Å². The van der Waals surface area contributed by atoms with Crippen molar-refractivity contribution in [3.8, 4) is 11.8 Å². The van der Waals surface area contributed by atoms with Crippen LogP contribution in [0, 0.1) is 25.7 Å². The summed E-state index contributed by atoms with van der Waals surface area (Å²) in [4.78, 5) is 0. The minimum atomic E-state index is -4.41. The van der Waals surface area contributed by atoms with E-state index < -0.39 is 11.7 Å². The maximum absolute atomic E-state index is 12.9. The fraction of sp³-hybridized carbons (Fsp3) is 0.273. The van der Waals surface area contributed by atoms with Crippen LogP contribution in [0.5, 0.6) is 0 Å². The summed E-state index contributed by atoms with van der Waals surface area (Å²) in [5.41, 5.74) is 12.6. The molecule has 2 aromatic rings. The Hall–Kier alpha value is -2.67. The highest BCUT2D eigenvalue weighted by Gasteiger charge is 2.31. The lowest BCUT2D eigenvalue weighted by atomic mass is 9.93. The largest absolute Gasteiger partial charge is 0.416 e. The molecule has 0 amide bonds. The summed E-state index contributed by atoms with van der Waals surface area (Å²) in [5, 5.41) is 0. The Kier molecular flexibility index (Phi) is 4.36. The number of nitrogen functional groups attached to an aromatic ring is 1. The third kappa shape index (κ3) is 2.99. The highest BCUT2D eigenvalue weighted by Crippen LogP contribution is 2.43. The number of hydrogen-bond donors (Lipinski definition) is 1. The topological polar surface area (TPSA) is 26.0 Å². The van der Waals surface area contributed by atoms with E-state index in [1.807, 2.05) is 6.92 Å². The number of halogens is 3. The number of hydrogen-bond acceptors (Lipinski definition) is 1. The summed E-state index contributed by atoms with van der Waals surface area (Å²) in [6, 6.07) is 7.38. The highest BCUT2D eigenvalue weighted by molar-refractivity contribution is 5.81. The van der Waals surface area contributed by atoms with E-state index in [4.69, 9.17) is 5.73 Å². The Morgan fingerprint density at radius 2 is 1.69 bits per heavy atom. The van der Waals surface area contributed by atoms with Crippen LogP contribution < -0.4 is 5.73 Å². The fourth-order valence-corrected chi connectivity index (χ4v) is 3.40. The van der Waals surface area contributed by atoms with E-state index in [2.05, 4.69) is 44.7 Å². The van der Waals surface area contributed by atoms with E-state index in [0.29, 0.717) is 0 Å². The third-order valence-corrected chi connectivity index (χ3v) is 5.21. The Morgan fingerprint density at radius 3 is 2.35 bits per heavy atom. The van der Waals surface area contributed by atoms with Gasteiger partial charge in [-0.2, -0.15) is 13.2 Å². The lowest BCUT2D eigenvalue weighted by Gasteiger charge is -2.11. The van der Waals surface area contributed by atoms with Gasteiger partial charge in [0.2, 0.25) is 0 Å². The first-order valence-corrected chi connectivity index (χ1v) is 8.37. The van der Waals surface area contributed by atoms with Gasteiger partial charge in [-0.25, -0.2) is 0 Å². The van der Waals surface area contributed by atoms with E-state index in [9.17, 15) is 13.2 Å². The van der Waals surface area contributed by atoms with Crippen molar-refractivity contribution in [2.45, 2.75) is 39.8 Å². The number of aryl methyl sites for hydroxylation is 1. The van der Waals surface area contributed by atoms with Crippen LogP contribution in [0.1, 0.15) is 53.1 Å². The molecule has 4 heteroatoms. The summed E-state index contributed by atoms with van der Waals surface area (Å²) >= 11 is 0. The molecule has 2 aromatic carbocycles. The second-order valence-electron chi connectivity index (χ2n) is 6.78. The molecule has 3 rings (SSSR count). The molecule has 0 aromatic heterocycles. The van der Waals surface area contributed by atoms with Crippen molar-refractivity contribution in [1.29, 1.82) is 0 Å². The molecule has 0 saturated heterocycles. The Labute approximate surface area is 151 Å². The molecular formula is C22H20F3N. The second-order valence-corrected chi connectivity index (χ2v) is 6.78. The Bertz CT molecular complexity index is 985. The number of allylic oxidation sites excluding steroid dienone is 2. The molecule has 0 heterocycles. The van der Waals surface area contributed by atoms with Gasteiger partial charge in [-0.05, 0) is 73.7 Å². The molecule has 1 nitrogen and oxygen atoms in total. The second kappa shape index (κ2) is 6.25.